The Labute approximate surface area is 156 Å². The average molecular weight is 372 g/mol. The lowest BCUT2D eigenvalue weighted by Gasteiger charge is -2.09. The van der Waals surface area contributed by atoms with Crippen LogP contribution in [0, 0.1) is 0 Å². The van der Waals surface area contributed by atoms with Gasteiger partial charge in [-0.3, -0.25) is 0 Å². The van der Waals surface area contributed by atoms with Gasteiger partial charge < -0.3 is 19.5 Å². The second-order valence-electron chi connectivity index (χ2n) is 5.34. The summed E-state index contributed by atoms with van der Waals surface area (Å²) in [6.07, 6.45) is 0. The third kappa shape index (κ3) is 4.77. The molecule has 0 bridgehead atoms. The highest BCUT2D eigenvalue weighted by Crippen LogP contribution is 2.24. The van der Waals surface area contributed by atoms with Gasteiger partial charge in [0, 0.05) is 17.3 Å². The van der Waals surface area contributed by atoms with Crippen LogP contribution in [0.1, 0.15) is 5.56 Å². The lowest BCUT2D eigenvalue weighted by Crippen LogP contribution is -2.00. The first-order chi connectivity index (χ1) is 12.7. The molecule has 0 saturated heterocycles. The monoisotopic (exact) mass is 371 g/mol. The Morgan fingerprint density at radius 2 is 1.50 bits per heavy atom. The molecule has 0 saturated carbocycles. The number of rotatable bonds is 7. The van der Waals surface area contributed by atoms with Crippen molar-refractivity contribution in [3.05, 3.63) is 65.2 Å². The van der Waals surface area contributed by atoms with Crippen molar-refractivity contribution >= 4 is 17.3 Å². The predicted octanol–water partition coefficient (Wildman–Crippen LogP) is 4.55. The highest BCUT2D eigenvalue weighted by atomic mass is 35.5. The Kier molecular flexibility index (Phi) is 5.76. The summed E-state index contributed by atoms with van der Waals surface area (Å²) in [5.41, 5.74) is 2.11. The molecule has 2 aromatic carbocycles. The summed E-state index contributed by atoms with van der Waals surface area (Å²) in [4.78, 5) is 8.28. The van der Waals surface area contributed by atoms with E-state index in [9.17, 15) is 0 Å². The third-order valence-electron chi connectivity index (χ3n) is 3.55. The van der Waals surface area contributed by atoms with Gasteiger partial charge in [0.15, 0.2) is 0 Å². The standard InChI is InChI=1S/C19H18ClN3O3/c1-24-17-11-18(25-2)23-19(22-17)26-16-9-3-13(4-10-16)12-21-15-7-5-14(20)6-8-15/h3-11,21H,12H2,1-2H3. The number of hydrogen-bond acceptors (Lipinski definition) is 6. The fourth-order valence-electron chi connectivity index (χ4n) is 2.19. The minimum atomic E-state index is 0.160. The van der Waals surface area contributed by atoms with Crippen LogP contribution in [0.3, 0.4) is 0 Å². The zero-order valence-corrected chi connectivity index (χ0v) is 15.2. The molecule has 0 amide bonds. The number of halogens is 1. The summed E-state index contributed by atoms with van der Waals surface area (Å²) in [6.45, 7) is 0.686. The second kappa shape index (κ2) is 8.40. The summed E-state index contributed by atoms with van der Waals surface area (Å²) in [6, 6.07) is 17.0. The van der Waals surface area contributed by atoms with Crippen LogP contribution in [0.4, 0.5) is 5.69 Å². The molecule has 0 fully saturated rings. The van der Waals surface area contributed by atoms with Gasteiger partial charge in [0.05, 0.1) is 20.3 Å². The zero-order valence-electron chi connectivity index (χ0n) is 14.4. The predicted molar refractivity (Wildman–Crippen MR) is 100 cm³/mol. The Bertz CT molecular complexity index is 833. The maximum absolute atomic E-state index is 5.88. The van der Waals surface area contributed by atoms with Gasteiger partial charge in [-0.2, -0.15) is 9.97 Å². The highest BCUT2D eigenvalue weighted by molar-refractivity contribution is 6.30. The zero-order chi connectivity index (χ0) is 18.4. The maximum Gasteiger partial charge on any atom is 0.328 e. The summed E-state index contributed by atoms with van der Waals surface area (Å²) in [5.74, 6) is 1.36. The first-order valence-corrected chi connectivity index (χ1v) is 8.27. The van der Waals surface area contributed by atoms with Gasteiger partial charge in [0.25, 0.3) is 0 Å². The van der Waals surface area contributed by atoms with Crippen molar-refractivity contribution in [3.63, 3.8) is 0 Å². The minimum Gasteiger partial charge on any atom is -0.481 e. The number of aromatic nitrogens is 2. The summed E-state index contributed by atoms with van der Waals surface area (Å²) in [7, 11) is 3.04. The smallest absolute Gasteiger partial charge is 0.328 e. The molecule has 134 valence electrons. The maximum atomic E-state index is 5.88. The Balaban J connectivity index is 1.63. The molecule has 1 aromatic heterocycles. The van der Waals surface area contributed by atoms with Gasteiger partial charge in [0.1, 0.15) is 5.75 Å². The molecule has 3 rings (SSSR count). The molecule has 1 heterocycles. The highest BCUT2D eigenvalue weighted by Gasteiger charge is 2.07. The molecule has 6 nitrogen and oxygen atoms in total. The van der Waals surface area contributed by atoms with Crippen molar-refractivity contribution in [2.45, 2.75) is 6.54 Å². The summed E-state index contributed by atoms with van der Waals surface area (Å²) >= 11 is 5.88. The van der Waals surface area contributed by atoms with Crippen LogP contribution in [0.5, 0.6) is 23.5 Å². The van der Waals surface area contributed by atoms with Crippen LogP contribution in [0.15, 0.2) is 54.6 Å². The van der Waals surface area contributed by atoms with E-state index in [0.29, 0.717) is 29.1 Å². The van der Waals surface area contributed by atoms with E-state index < -0.39 is 0 Å². The van der Waals surface area contributed by atoms with E-state index in [2.05, 4.69) is 15.3 Å². The van der Waals surface area contributed by atoms with Crippen LogP contribution < -0.4 is 19.5 Å². The first-order valence-electron chi connectivity index (χ1n) is 7.89. The topological polar surface area (TPSA) is 65.5 Å². The van der Waals surface area contributed by atoms with Gasteiger partial charge in [0.2, 0.25) is 11.8 Å². The molecule has 1 N–H and O–H groups in total. The normalized spacial score (nSPS) is 10.3. The SMILES string of the molecule is COc1cc(OC)nc(Oc2ccc(CNc3ccc(Cl)cc3)cc2)n1. The van der Waals surface area contributed by atoms with Crippen molar-refractivity contribution in [1.82, 2.24) is 9.97 Å². The molecule has 7 heteroatoms. The molecular weight excluding hydrogens is 354 g/mol. The van der Waals surface area contributed by atoms with Gasteiger partial charge in [-0.05, 0) is 42.0 Å². The van der Waals surface area contributed by atoms with Crippen LogP contribution in [-0.2, 0) is 6.54 Å². The number of ether oxygens (including phenoxy) is 3. The van der Waals surface area contributed by atoms with E-state index in [0.717, 1.165) is 11.3 Å². The minimum absolute atomic E-state index is 0.160. The van der Waals surface area contributed by atoms with Gasteiger partial charge >= 0.3 is 6.01 Å². The van der Waals surface area contributed by atoms with E-state index in [1.165, 1.54) is 14.2 Å². The quantitative estimate of drug-likeness (QED) is 0.657. The second-order valence-corrected chi connectivity index (χ2v) is 5.78. The van der Waals surface area contributed by atoms with E-state index in [4.69, 9.17) is 25.8 Å². The number of nitrogens with zero attached hydrogens (tertiary/aromatic N) is 2. The molecular formula is C19H18ClN3O3. The summed E-state index contributed by atoms with van der Waals surface area (Å²) in [5, 5.41) is 4.05. The first kappa shape index (κ1) is 17.8. The molecule has 26 heavy (non-hydrogen) atoms. The number of methoxy groups -OCH3 is 2. The van der Waals surface area contributed by atoms with Crippen LogP contribution in [0.25, 0.3) is 0 Å². The van der Waals surface area contributed by atoms with Gasteiger partial charge in [-0.15, -0.1) is 0 Å². The van der Waals surface area contributed by atoms with Crippen molar-refractivity contribution in [1.29, 1.82) is 0 Å². The average Bonchev–Trinajstić information content (AvgIpc) is 2.68. The summed E-state index contributed by atoms with van der Waals surface area (Å²) < 4.78 is 15.9. The van der Waals surface area contributed by atoms with Crippen molar-refractivity contribution in [3.8, 4) is 23.5 Å². The van der Waals surface area contributed by atoms with Crippen molar-refractivity contribution in [2.24, 2.45) is 0 Å². The number of nitrogens with one attached hydrogen (secondary N) is 1. The molecule has 0 atom stereocenters. The Morgan fingerprint density at radius 1 is 0.885 bits per heavy atom. The fourth-order valence-corrected chi connectivity index (χ4v) is 2.32. The molecule has 0 radical (unpaired) electrons. The van der Waals surface area contributed by atoms with E-state index >= 15 is 0 Å². The third-order valence-corrected chi connectivity index (χ3v) is 3.80. The van der Waals surface area contributed by atoms with Gasteiger partial charge in [-0.1, -0.05) is 23.7 Å². The van der Waals surface area contributed by atoms with Crippen LogP contribution >= 0.6 is 11.6 Å². The Hall–Kier alpha value is -2.99. The van der Waals surface area contributed by atoms with E-state index in [1.807, 2.05) is 48.5 Å². The van der Waals surface area contributed by atoms with Crippen LogP contribution in [0.2, 0.25) is 5.02 Å². The molecule has 0 aliphatic carbocycles. The molecule has 3 aromatic rings. The lowest BCUT2D eigenvalue weighted by molar-refractivity contribution is 0.348. The largest absolute Gasteiger partial charge is 0.481 e. The van der Waals surface area contributed by atoms with E-state index in [1.54, 1.807) is 6.07 Å². The van der Waals surface area contributed by atoms with Crippen molar-refractivity contribution < 1.29 is 14.2 Å². The van der Waals surface area contributed by atoms with Gasteiger partial charge in [-0.25, -0.2) is 0 Å². The molecule has 0 aliphatic rings. The molecule has 0 spiro atoms. The number of anilines is 1. The number of benzene rings is 2. The molecule has 0 unspecified atom stereocenters. The van der Waals surface area contributed by atoms with Crippen LogP contribution in [-0.4, -0.2) is 24.2 Å². The van der Waals surface area contributed by atoms with E-state index in [-0.39, 0.29) is 6.01 Å². The Morgan fingerprint density at radius 3 is 2.08 bits per heavy atom. The number of hydrogen-bond donors (Lipinski definition) is 1. The lowest BCUT2D eigenvalue weighted by atomic mass is 10.2. The van der Waals surface area contributed by atoms with Crippen molar-refractivity contribution in [2.75, 3.05) is 19.5 Å². The molecule has 0 aliphatic heterocycles. The fraction of sp³-hybridized carbons (Fsp3) is 0.158.